The summed E-state index contributed by atoms with van der Waals surface area (Å²) in [6, 6.07) is 0.572. The standard InChI is InChI=1S/C35H68N6O3/c1-25(5-8-32(43)44-4)28-6-7-29-33-30(10-12-35(28,29)3)34(2)11-9-27(23-26(34)24-31(33)42)41-22-21-40-20-19-39-18-17-38-16-15-37-14-13-36/h25-31,33,37-42H,5-24,36H2,1-4H3/t25-,26?,27+,28?,29?,30?,31-,33?,34+,35-/m1/s1. The molecule has 0 aromatic heterocycles. The first-order valence-corrected chi connectivity index (χ1v) is 18.3. The highest BCUT2D eigenvalue weighted by Crippen LogP contribution is 2.68. The van der Waals surface area contributed by atoms with Crippen molar-refractivity contribution in [2.75, 3.05) is 72.6 Å². The van der Waals surface area contributed by atoms with Gasteiger partial charge in [-0.25, -0.2) is 0 Å². The van der Waals surface area contributed by atoms with Crippen molar-refractivity contribution in [2.24, 2.45) is 52.1 Å². The fourth-order valence-electron chi connectivity index (χ4n) is 10.5. The van der Waals surface area contributed by atoms with Gasteiger partial charge in [-0.1, -0.05) is 20.8 Å². The number of methoxy groups -OCH3 is 1. The number of hydrogen-bond acceptors (Lipinski definition) is 9. The molecule has 4 fully saturated rings. The second-order valence-electron chi connectivity index (χ2n) is 15.3. The predicted molar refractivity (Wildman–Crippen MR) is 179 cm³/mol. The number of esters is 1. The first-order valence-electron chi connectivity index (χ1n) is 18.3. The molecule has 0 saturated heterocycles. The molecule has 256 valence electrons. The maximum absolute atomic E-state index is 11.8. The molecular weight excluding hydrogens is 552 g/mol. The molecule has 4 rings (SSSR count). The van der Waals surface area contributed by atoms with Crippen LogP contribution in [0.1, 0.15) is 85.0 Å². The van der Waals surface area contributed by atoms with Gasteiger partial charge >= 0.3 is 5.97 Å². The van der Waals surface area contributed by atoms with Crippen LogP contribution in [0.4, 0.5) is 0 Å². The number of carbonyl (C=O) groups excluding carboxylic acids is 1. The molecule has 10 atom stereocenters. The SMILES string of the molecule is COC(=O)CC[C@@H](C)C1CCC2C3C(CC[C@@]21C)[C@@]1(C)CC[C@H](NCCNCCNCCNCCNCCN)CC1C[C@H]3O. The third-order valence-corrected chi connectivity index (χ3v) is 13.0. The van der Waals surface area contributed by atoms with Crippen LogP contribution in [0.25, 0.3) is 0 Å². The van der Waals surface area contributed by atoms with E-state index in [1.807, 2.05) is 0 Å². The van der Waals surface area contributed by atoms with Gasteiger partial charge in [0.25, 0.3) is 0 Å². The van der Waals surface area contributed by atoms with Gasteiger partial charge in [0.05, 0.1) is 13.2 Å². The molecule has 4 aliphatic rings. The molecule has 5 unspecified atom stereocenters. The van der Waals surface area contributed by atoms with Crippen molar-refractivity contribution in [3.05, 3.63) is 0 Å². The Morgan fingerprint density at radius 3 is 2.07 bits per heavy atom. The van der Waals surface area contributed by atoms with Crippen molar-refractivity contribution in [3.63, 3.8) is 0 Å². The average Bonchev–Trinajstić information content (AvgIpc) is 3.37. The number of nitrogens with two attached hydrogens (primary N) is 1. The van der Waals surface area contributed by atoms with E-state index in [2.05, 4.69) is 47.4 Å². The summed E-state index contributed by atoms with van der Waals surface area (Å²) in [4.78, 5) is 11.8. The zero-order valence-corrected chi connectivity index (χ0v) is 28.6. The highest BCUT2D eigenvalue weighted by molar-refractivity contribution is 5.69. The molecule has 0 aromatic rings. The number of nitrogens with one attached hydrogen (secondary N) is 5. The third kappa shape index (κ3) is 8.75. The smallest absolute Gasteiger partial charge is 0.305 e. The minimum atomic E-state index is -0.164. The van der Waals surface area contributed by atoms with E-state index in [0.717, 1.165) is 71.7 Å². The van der Waals surface area contributed by atoms with Gasteiger partial charge < -0.3 is 42.2 Å². The summed E-state index contributed by atoms with van der Waals surface area (Å²) in [5.74, 6) is 3.43. The summed E-state index contributed by atoms with van der Waals surface area (Å²) in [5.41, 5.74) is 6.13. The molecule has 44 heavy (non-hydrogen) atoms. The van der Waals surface area contributed by atoms with Gasteiger partial charge in [0.15, 0.2) is 0 Å². The van der Waals surface area contributed by atoms with Gasteiger partial charge in [-0.2, -0.15) is 0 Å². The van der Waals surface area contributed by atoms with Gasteiger partial charge in [-0.3, -0.25) is 4.79 Å². The Morgan fingerprint density at radius 2 is 1.43 bits per heavy atom. The lowest BCUT2D eigenvalue weighted by Gasteiger charge is -2.62. The lowest BCUT2D eigenvalue weighted by molar-refractivity contribution is -0.167. The summed E-state index contributed by atoms with van der Waals surface area (Å²) < 4.78 is 4.93. The van der Waals surface area contributed by atoms with Crippen molar-refractivity contribution in [3.8, 4) is 0 Å². The van der Waals surface area contributed by atoms with Crippen LogP contribution in [-0.4, -0.2) is 95.8 Å². The van der Waals surface area contributed by atoms with Crippen LogP contribution in [0.15, 0.2) is 0 Å². The van der Waals surface area contributed by atoms with Crippen LogP contribution in [0.2, 0.25) is 0 Å². The summed E-state index contributed by atoms with van der Waals surface area (Å²) in [6.07, 6.45) is 11.1. The molecule has 8 N–H and O–H groups in total. The molecule has 0 radical (unpaired) electrons. The van der Waals surface area contributed by atoms with Gasteiger partial charge in [0.2, 0.25) is 0 Å². The first-order chi connectivity index (χ1) is 21.2. The molecule has 4 saturated carbocycles. The highest BCUT2D eigenvalue weighted by atomic mass is 16.5. The molecule has 9 nitrogen and oxygen atoms in total. The van der Waals surface area contributed by atoms with E-state index in [1.165, 1.54) is 52.1 Å². The number of rotatable bonds is 19. The number of hydrogen-bond donors (Lipinski definition) is 7. The Kier molecular flexibility index (Phi) is 14.2. The fraction of sp³-hybridized carbons (Fsp3) is 0.971. The zero-order valence-electron chi connectivity index (χ0n) is 28.6. The van der Waals surface area contributed by atoms with Gasteiger partial charge in [0.1, 0.15) is 0 Å². The van der Waals surface area contributed by atoms with Crippen molar-refractivity contribution in [2.45, 2.75) is 97.1 Å². The van der Waals surface area contributed by atoms with Gasteiger partial charge in [-0.15, -0.1) is 0 Å². The summed E-state index contributed by atoms with van der Waals surface area (Å²) in [7, 11) is 1.49. The second-order valence-corrected chi connectivity index (χ2v) is 15.3. The predicted octanol–water partition coefficient (Wildman–Crippen LogP) is 2.48. The van der Waals surface area contributed by atoms with Crippen molar-refractivity contribution in [1.29, 1.82) is 0 Å². The molecular formula is C35H68N6O3. The maximum Gasteiger partial charge on any atom is 0.305 e. The second kappa shape index (κ2) is 17.4. The minimum Gasteiger partial charge on any atom is -0.469 e. The van der Waals surface area contributed by atoms with E-state index in [-0.39, 0.29) is 12.1 Å². The minimum absolute atomic E-state index is 0.0845. The van der Waals surface area contributed by atoms with E-state index in [9.17, 15) is 9.90 Å². The Labute approximate surface area is 268 Å². The highest BCUT2D eigenvalue weighted by Gasteiger charge is 2.62. The molecule has 0 heterocycles. The van der Waals surface area contributed by atoms with Crippen LogP contribution in [-0.2, 0) is 9.53 Å². The lowest BCUT2D eigenvalue weighted by Crippen LogP contribution is -2.59. The van der Waals surface area contributed by atoms with Gasteiger partial charge in [0, 0.05) is 77.9 Å². The van der Waals surface area contributed by atoms with Crippen LogP contribution in [0.3, 0.4) is 0 Å². The van der Waals surface area contributed by atoms with E-state index in [0.29, 0.717) is 65.3 Å². The van der Waals surface area contributed by atoms with E-state index >= 15 is 0 Å². The summed E-state index contributed by atoms with van der Waals surface area (Å²) in [5, 5.41) is 29.4. The Hall–Kier alpha value is -0.810. The quantitative estimate of drug-likeness (QED) is 0.0860. The number of ether oxygens (including phenoxy) is 1. The van der Waals surface area contributed by atoms with E-state index in [4.69, 9.17) is 10.5 Å². The Bertz CT molecular complexity index is 864. The topological polar surface area (TPSA) is 133 Å². The van der Waals surface area contributed by atoms with Crippen molar-refractivity contribution in [1.82, 2.24) is 26.6 Å². The van der Waals surface area contributed by atoms with E-state index < -0.39 is 0 Å². The van der Waals surface area contributed by atoms with Crippen LogP contribution < -0.4 is 32.3 Å². The summed E-state index contributed by atoms with van der Waals surface area (Å²) in [6.45, 7) is 17.0. The molecule has 0 bridgehead atoms. The Balaban J connectivity index is 1.15. The fourth-order valence-corrected chi connectivity index (χ4v) is 10.5. The lowest BCUT2D eigenvalue weighted by atomic mass is 9.43. The Morgan fingerprint density at radius 1 is 0.841 bits per heavy atom. The molecule has 0 aromatic carbocycles. The monoisotopic (exact) mass is 621 g/mol. The van der Waals surface area contributed by atoms with Crippen LogP contribution in [0, 0.1) is 46.3 Å². The molecule has 0 aliphatic heterocycles. The van der Waals surface area contributed by atoms with Gasteiger partial charge in [-0.05, 0) is 104 Å². The zero-order chi connectivity index (χ0) is 31.6. The normalized spacial score (nSPS) is 37.2. The third-order valence-electron chi connectivity index (χ3n) is 13.0. The largest absolute Gasteiger partial charge is 0.469 e. The number of fused-ring (bicyclic) bond motifs is 5. The first kappa shape index (κ1) is 36.0. The molecule has 4 aliphatic carbocycles. The summed E-state index contributed by atoms with van der Waals surface area (Å²) >= 11 is 0. The van der Waals surface area contributed by atoms with E-state index in [1.54, 1.807) is 0 Å². The van der Waals surface area contributed by atoms with Crippen molar-refractivity contribution < 1.29 is 14.6 Å². The number of aliphatic hydroxyl groups excluding tert-OH is 1. The maximum atomic E-state index is 11.8. The number of aliphatic hydroxyl groups is 1. The van der Waals surface area contributed by atoms with Crippen LogP contribution >= 0.6 is 0 Å². The average molecular weight is 621 g/mol. The van der Waals surface area contributed by atoms with Crippen molar-refractivity contribution >= 4 is 5.97 Å². The van der Waals surface area contributed by atoms with Crippen LogP contribution in [0.5, 0.6) is 0 Å². The molecule has 0 spiro atoms. The molecule has 0 amide bonds. The molecule has 9 heteroatoms. The number of carbonyl (C=O) groups is 1.